The summed E-state index contributed by atoms with van der Waals surface area (Å²) in [5.74, 6) is 0.0980. The Labute approximate surface area is 118 Å². The molecular formula is C13H13BrN2O3. The Morgan fingerprint density at radius 2 is 2.37 bits per heavy atom. The molecule has 0 saturated heterocycles. The van der Waals surface area contributed by atoms with Crippen LogP contribution in [0.15, 0.2) is 45.7 Å². The summed E-state index contributed by atoms with van der Waals surface area (Å²) in [6, 6.07) is 5.00. The van der Waals surface area contributed by atoms with E-state index in [9.17, 15) is 9.90 Å². The number of carbonyl (C=O) groups excluding carboxylic acids is 1. The van der Waals surface area contributed by atoms with Crippen LogP contribution in [0.4, 0.5) is 0 Å². The van der Waals surface area contributed by atoms with Crippen LogP contribution >= 0.6 is 15.9 Å². The van der Waals surface area contributed by atoms with Crippen LogP contribution in [-0.2, 0) is 5.60 Å². The number of nitrogens with one attached hydrogen (secondary N) is 1. The first kappa shape index (κ1) is 13.8. The molecule has 1 amide bonds. The average Bonchev–Trinajstić information content (AvgIpc) is 2.90. The first-order valence-electron chi connectivity index (χ1n) is 5.64. The number of hydrogen-bond acceptors (Lipinski definition) is 4. The van der Waals surface area contributed by atoms with Gasteiger partial charge in [0.25, 0.3) is 5.91 Å². The van der Waals surface area contributed by atoms with E-state index in [0.29, 0.717) is 11.3 Å². The number of rotatable bonds is 4. The number of pyridine rings is 1. The number of aromatic nitrogens is 1. The van der Waals surface area contributed by atoms with Crippen LogP contribution in [0.1, 0.15) is 23.0 Å². The molecule has 0 spiro atoms. The lowest BCUT2D eigenvalue weighted by atomic mass is 10.0. The summed E-state index contributed by atoms with van der Waals surface area (Å²) in [5, 5.41) is 12.8. The summed E-state index contributed by atoms with van der Waals surface area (Å²) < 4.78 is 5.85. The van der Waals surface area contributed by atoms with Crippen LogP contribution in [-0.4, -0.2) is 22.5 Å². The van der Waals surface area contributed by atoms with Gasteiger partial charge in [-0.05, 0) is 41.1 Å². The van der Waals surface area contributed by atoms with E-state index in [0.717, 1.165) is 4.47 Å². The number of amides is 1. The maximum absolute atomic E-state index is 11.9. The fraction of sp³-hybridized carbons (Fsp3) is 0.231. The molecule has 0 aromatic carbocycles. The highest BCUT2D eigenvalue weighted by molar-refractivity contribution is 9.10. The van der Waals surface area contributed by atoms with E-state index < -0.39 is 5.60 Å². The second-order valence-corrected chi connectivity index (χ2v) is 5.24. The Kier molecular flexibility index (Phi) is 4.01. The van der Waals surface area contributed by atoms with E-state index in [2.05, 4.69) is 26.2 Å². The summed E-state index contributed by atoms with van der Waals surface area (Å²) in [5.41, 5.74) is -0.830. The molecule has 0 aliphatic carbocycles. The van der Waals surface area contributed by atoms with E-state index in [4.69, 9.17) is 4.42 Å². The molecule has 0 bridgehead atoms. The normalized spacial score (nSPS) is 13.8. The van der Waals surface area contributed by atoms with E-state index in [1.807, 2.05) is 0 Å². The topological polar surface area (TPSA) is 75.4 Å². The van der Waals surface area contributed by atoms with Crippen LogP contribution in [0.5, 0.6) is 0 Å². The third-order valence-electron chi connectivity index (χ3n) is 2.61. The van der Waals surface area contributed by atoms with Gasteiger partial charge in [-0.15, -0.1) is 0 Å². The molecular weight excluding hydrogens is 312 g/mol. The van der Waals surface area contributed by atoms with Gasteiger partial charge in [0.05, 0.1) is 18.4 Å². The minimum absolute atomic E-state index is 0.0475. The van der Waals surface area contributed by atoms with Gasteiger partial charge in [0.15, 0.2) is 0 Å². The second kappa shape index (κ2) is 5.54. The molecule has 1 atom stereocenters. The molecule has 0 fully saturated rings. The standard InChI is InChI=1S/C13H13BrN2O3/c1-13(18,11-3-2-4-19-11)8-16-12(17)9-5-10(14)7-15-6-9/h2-7,18H,8H2,1H3,(H,16,17). The Morgan fingerprint density at radius 1 is 1.58 bits per heavy atom. The zero-order valence-corrected chi connectivity index (χ0v) is 11.8. The van der Waals surface area contributed by atoms with Crippen molar-refractivity contribution in [3.8, 4) is 0 Å². The van der Waals surface area contributed by atoms with Gasteiger partial charge in [0.1, 0.15) is 11.4 Å². The Bertz CT molecular complexity index is 567. The lowest BCUT2D eigenvalue weighted by Crippen LogP contribution is -2.38. The molecule has 19 heavy (non-hydrogen) atoms. The third-order valence-corrected chi connectivity index (χ3v) is 3.05. The van der Waals surface area contributed by atoms with Gasteiger partial charge in [-0.3, -0.25) is 9.78 Å². The van der Waals surface area contributed by atoms with Gasteiger partial charge in [0, 0.05) is 16.9 Å². The van der Waals surface area contributed by atoms with Crippen LogP contribution in [0, 0.1) is 0 Å². The minimum atomic E-state index is -1.25. The molecule has 2 aromatic heterocycles. The highest BCUT2D eigenvalue weighted by Crippen LogP contribution is 2.20. The van der Waals surface area contributed by atoms with Gasteiger partial charge in [0.2, 0.25) is 0 Å². The van der Waals surface area contributed by atoms with Crippen molar-refractivity contribution in [2.45, 2.75) is 12.5 Å². The molecule has 2 aromatic rings. The van der Waals surface area contributed by atoms with Crippen LogP contribution in [0.2, 0.25) is 0 Å². The molecule has 0 radical (unpaired) electrons. The minimum Gasteiger partial charge on any atom is -0.466 e. The average molecular weight is 325 g/mol. The molecule has 2 rings (SSSR count). The first-order valence-corrected chi connectivity index (χ1v) is 6.43. The number of halogens is 1. The van der Waals surface area contributed by atoms with Crippen molar-refractivity contribution in [3.63, 3.8) is 0 Å². The van der Waals surface area contributed by atoms with E-state index in [-0.39, 0.29) is 12.5 Å². The molecule has 0 saturated carbocycles. The number of furan rings is 1. The quantitative estimate of drug-likeness (QED) is 0.902. The van der Waals surface area contributed by atoms with Crippen molar-refractivity contribution in [2.75, 3.05) is 6.54 Å². The molecule has 0 aliphatic heterocycles. The molecule has 5 nitrogen and oxygen atoms in total. The first-order chi connectivity index (χ1) is 8.99. The second-order valence-electron chi connectivity index (χ2n) is 4.33. The molecule has 2 N–H and O–H groups in total. The Balaban J connectivity index is 2.01. The van der Waals surface area contributed by atoms with E-state index in [1.54, 1.807) is 31.3 Å². The number of carbonyl (C=O) groups is 1. The maximum atomic E-state index is 11.9. The Morgan fingerprint density at radius 3 is 3.00 bits per heavy atom. The van der Waals surface area contributed by atoms with Crippen LogP contribution in [0.25, 0.3) is 0 Å². The SMILES string of the molecule is CC(O)(CNC(=O)c1cncc(Br)c1)c1ccco1. The summed E-state index contributed by atoms with van der Waals surface area (Å²) in [6.07, 6.45) is 4.53. The predicted molar refractivity (Wildman–Crippen MR) is 72.5 cm³/mol. The third kappa shape index (κ3) is 3.42. The van der Waals surface area contributed by atoms with Gasteiger partial charge in [-0.1, -0.05) is 0 Å². The number of nitrogens with zero attached hydrogens (tertiary/aromatic N) is 1. The molecule has 0 aliphatic rings. The van der Waals surface area contributed by atoms with Crippen molar-refractivity contribution in [2.24, 2.45) is 0 Å². The van der Waals surface area contributed by atoms with Crippen molar-refractivity contribution in [3.05, 3.63) is 52.7 Å². The smallest absolute Gasteiger partial charge is 0.252 e. The van der Waals surface area contributed by atoms with E-state index in [1.165, 1.54) is 12.5 Å². The largest absolute Gasteiger partial charge is 0.466 e. The van der Waals surface area contributed by atoms with Gasteiger partial charge < -0.3 is 14.8 Å². The van der Waals surface area contributed by atoms with Crippen molar-refractivity contribution in [1.29, 1.82) is 0 Å². The van der Waals surface area contributed by atoms with Gasteiger partial charge in [-0.25, -0.2) is 0 Å². The molecule has 100 valence electrons. The molecule has 6 heteroatoms. The summed E-state index contributed by atoms with van der Waals surface area (Å²) in [6.45, 7) is 1.62. The van der Waals surface area contributed by atoms with Crippen molar-refractivity contribution < 1.29 is 14.3 Å². The highest BCUT2D eigenvalue weighted by atomic mass is 79.9. The number of aliphatic hydroxyl groups is 1. The Hall–Kier alpha value is -1.66. The number of hydrogen-bond donors (Lipinski definition) is 2. The lowest BCUT2D eigenvalue weighted by Gasteiger charge is -2.21. The lowest BCUT2D eigenvalue weighted by molar-refractivity contribution is 0.0330. The zero-order chi connectivity index (χ0) is 13.9. The van der Waals surface area contributed by atoms with Crippen LogP contribution in [0.3, 0.4) is 0 Å². The highest BCUT2D eigenvalue weighted by Gasteiger charge is 2.26. The fourth-order valence-electron chi connectivity index (χ4n) is 1.56. The van der Waals surface area contributed by atoms with Gasteiger partial charge >= 0.3 is 0 Å². The fourth-order valence-corrected chi connectivity index (χ4v) is 1.93. The van der Waals surface area contributed by atoms with Crippen molar-refractivity contribution >= 4 is 21.8 Å². The van der Waals surface area contributed by atoms with Crippen molar-refractivity contribution in [1.82, 2.24) is 10.3 Å². The summed E-state index contributed by atoms with van der Waals surface area (Å²) in [4.78, 5) is 15.8. The molecule has 1 unspecified atom stereocenters. The summed E-state index contributed by atoms with van der Waals surface area (Å²) in [7, 11) is 0. The predicted octanol–water partition coefficient (Wildman–Crippen LogP) is 2.07. The monoisotopic (exact) mass is 324 g/mol. The van der Waals surface area contributed by atoms with Gasteiger partial charge in [-0.2, -0.15) is 0 Å². The van der Waals surface area contributed by atoms with Crippen LogP contribution < -0.4 is 5.32 Å². The summed E-state index contributed by atoms with van der Waals surface area (Å²) >= 11 is 3.25. The molecule has 2 heterocycles. The maximum Gasteiger partial charge on any atom is 0.252 e. The van der Waals surface area contributed by atoms with E-state index >= 15 is 0 Å². The zero-order valence-electron chi connectivity index (χ0n) is 10.3.